The van der Waals surface area contributed by atoms with Crippen molar-refractivity contribution in [2.45, 2.75) is 26.4 Å². The van der Waals surface area contributed by atoms with Crippen LogP contribution < -0.4 is 10.1 Å². The summed E-state index contributed by atoms with van der Waals surface area (Å²) in [5.74, 6) is 1.53. The van der Waals surface area contributed by atoms with Gasteiger partial charge in [0.1, 0.15) is 0 Å². The van der Waals surface area contributed by atoms with Gasteiger partial charge in [-0.05, 0) is 42.2 Å². The third kappa shape index (κ3) is 4.05. The van der Waals surface area contributed by atoms with Crippen molar-refractivity contribution in [1.29, 1.82) is 0 Å². The Morgan fingerprint density at radius 2 is 2.04 bits per heavy atom. The molecule has 0 saturated carbocycles. The summed E-state index contributed by atoms with van der Waals surface area (Å²) in [5, 5.41) is 13.3. The van der Waals surface area contributed by atoms with Gasteiger partial charge in [-0.2, -0.15) is 0 Å². The summed E-state index contributed by atoms with van der Waals surface area (Å²) in [6.45, 7) is 5.24. The van der Waals surface area contributed by atoms with Crippen molar-refractivity contribution in [3.05, 3.63) is 59.2 Å². The molecule has 2 N–H and O–H groups in total. The van der Waals surface area contributed by atoms with Crippen LogP contribution in [0.4, 0.5) is 0 Å². The highest BCUT2D eigenvalue weighted by Gasteiger charge is 2.18. The van der Waals surface area contributed by atoms with E-state index >= 15 is 0 Å². The average molecular weight is 339 g/mol. The van der Waals surface area contributed by atoms with Crippen molar-refractivity contribution in [2.24, 2.45) is 4.99 Å². The Kier molecular flexibility index (Phi) is 5.43. The first-order chi connectivity index (χ1) is 12.2. The summed E-state index contributed by atoms with van der Waals surface area (Å²) in [5.41, 5.74) is 3.74. The number of rotatable bonds is 4. The predicted octanol–water partition coefficient (Wildman–Crippen LogP) is 2.92. The molecule has 0 spiro atoms. The molecule has 0 unspecified atom stereocenters. The second kappa shape index (κ2) is 7.92. The molecule has 0 aliphatic carbocycles. The first kappa shape index (κ1) is 17.1. The van der Waals surface area contributed by atoms with E-state index in [1.807, 2.05) is 6.07 Å². The normalized spacial score (nSPS) is 14.2. The first-order valence-corrected chi connectivity index (χ1v) is 8.67. The minimum atomic E-state index is 0.145. The van der Waals surface area contributed by atoms with E-state index in [0.29, 0.717) is 12.3 Å². The highest BCUT2D eigenvalue weighted by atomic mass is 16.5. The number of benzene rings is 2. The Balaban J connectivity index is 1.75. The van der Waals surface area contributed by atoms with Crippen LogP contribution in [0.1, 0.15) is 23.6 Å². The molecule has 5 nitrogen and oxygen atoms in total. The van der Waals surface area contributed by atoms with Gasteiger partial charge in [0.15, 0.2) is 17.5 Å². The monoisotopic (exact) mass is 339 g/mol. The summed E-state index contributed by atoms with van der Waals surface area (Å²) < 4.78 is 5.09. The lowest BCUT2D eigenvalue weighted by molar-refractivity contribution is 0.373. The molecule has 0 aromatic heterocycles. The van der Waals surface area contributed by atoms with Gasteiger partial charge in [0.25, 0.3) is 0 Å². The SMILES string of the molecule is CCNC(=NCc1ccc(OC)c(O)c1)N1CCc2ccccc2C1. The summed E-state index contributed by atoms with van der Waals surface area (Å²) in [7, 11) is 1.55. The van der Waals surface area contributed by atoms with Crippen LogP contribution in [0.5, 0.6) is 11.5 Å². The van der Waals surface area contributed by atoms with Gasteiger partial charge in [-0.3, -0.25) is 0 Å². The highest BCUT2D eigenvalue weighted by Crippen LogP contribution is 2.26. The number of methoxy groups -OCH3 is 1. The van der Waals surface area contributed by atoms with E-state index in [1.165, 1.54) is 11.1 Å². The van der Waals surface area contributed by atoms with Crippen molar-refractivity contribution in [3.8, 4) is 11.5 Å². The number of fused-ring (bicyclic) bond motifs is 1. The van der Waals surface area contributed by atoms with Gasteiger partial charge in [-0.25, -0.2) is 4.99 Å². The smallest absolute Gasteiger partial charge is 0.194 e. The van der Waals surface area contributed by atoms with E-state index in [9.17, 15) is 5.11 Å². The molecular formula is C20H25N3O2. The Hall–Kier alpha value is -2.69. The fourth-order valence-electron chi connectivity index (χ4n) is 3.10. The number of hydrogen-bond donors (Lipinski definition) is 2. The largest absolute Gasteiger partial charge is 0.504 e. The van der Waals surface area contributed by atoms with Gasteiger partial charge in [0.05, 0.1) is 13.7 Å². The highest BCUT2D eigenvalue weighted by molar-refractivity contribution is 5.80. The van der Waals surface area contributed by atoms with Crippen LogP contribution in [-0.2, 0) is 19.5 Å². The second-order valence-electron chi connectivity index (χ2n) is 6.12. The number of aliphatic imine (C=N–C) groups is 1. The van der Waals surface area contributed by atoms with Crippen molar-refractivity contribution >= 4 is 5.96 Å². The number of nitrogens with one attached hydrogen (secondary N) is 1. The van der Waals surface area contributed by atoms with Crippen LogP contribution >= 0.6 is 0 Å². The van der Waals surface area contributed by atoms with E-state index in [0.717, 1.165) is 37.6 Å². The zero-order valence-corrected chi connectivity index (χ0v) is 14.8. The van der Waals surface area contributed by atoms with Gasteiger partial charge in [0.2, 0.25) is 0 Å². The van der Waals surface area contributed by atoms with Crippen molar-refractivity contribution in [3.63, 3.8) is 0 Å². The van der Waals surface area contributed by atoms with Crippen LogP contribution in [0.15, 0.2) is 47.5 Å². The second-order valence-corrected chi connectivity index (χ2v) is 6.12. The Morgan fingerprint density at radius 1 is 1.24 bits per heavy atom. The number of guanidine groups is 1. The molecule has 1 aliphatic heterocycles. The lowest BCUT2D eigenvalue weighted by Crippen LogP contribution is -2.44. The number of phenolic OH excluding ortho intramolecular Hbond substituents is 1. The standard InChI is InChI=1S/C20H25N3O2/c1-3-21-20(22-13-15-8-9-19(25-2)18(24)12-15)23-11-10-16-6-4-5-7-17(16)14-23/h4-9,12,24H,3,10-11,13-14H2,1-2H3,(H,21,22). The van der Waals surface area contributed by atoms with Gasteiger partial charge in [-0.1, -0.05) is 30.3 Å². The number of phenols is 1. The molecule has 2 aromatic carbocycles. The minimum absolute atomic E-state index is 0.145. The van der Waals surface area contributed by atoms with Crippen molar-refractivity contribution in [2.75, 3.05) is 20.2 Å². The van der Waals surface area contributed by atoms with E-state index in [1.54, 1.807) is 19.2 Å². The Morgan fingerprint density at radius 3 is 2.76 bits per heavy atom. The number of ether oxygens (including phenoxy) is 1. The summed E-state index contributed by atoms with van der Waals surface area (Å²) in [4.78, 5) is 7.04. The summed E-state index contributed by atoms with van der Waals surface area (Å²) >= 11 is 0. The molecule has 132 valence electrons. The predicted molar refractivity (Wildman–Crippen MR) is 100 cm³/mol. The molecule has 0 atom stereocenters. The fraction of sp³-hybridized carbons (Fsp3) is 0.350. The van der Waals surface area contributed by atoms with Crippen LogP contribution in [0.3, 0.4) is 0 Å². The summed E-state index contributed by atoms with van der Waals surface area (Å²) in [6.07, 6.45) is 1.03. The van der Waals surface area contributed by atoms with Crippen molar-refractivity contribution in [1.82, 2.24) is 10.2 Å². The third-order valence-corrected chi connectivity index (χ3v) is 4.42. The van der Waals surface area contributed by atoms with E-state index in [2.05, 4.69) is 41.4 Å². The van der Waals surface area contributed by atoms with Gasteiger partial charge in [-0.15, -0.1) is 0 Å². The lowest BCUT2D eigenvalue weighted by Gasteiger charge is -2.31. The molecule has 2 aromatic rings. The van der Waals surface area contributed by atoms with Crippen LogP contribution in [0.2, 0.25) is 0 Å². The molecule has 0 radical (unpaired) electrons. The van der Waals surface area contributed by atoms with Crippen LogP contribution in [0, 0.1) is 0 Å². The third-order valence-electron chi connectivity index (χ3n) is 4.42. The Bertz CT molecular complexity index is 758. The van der Waals surface area contributed by atoms with Gasteiger partial charge < -0.3 is 20.1 Å². The Labute approximate surface area is 149 Å². The molecule has 0 fully saturated rings. The van der Waals surface area contributed by atoms with Crippen LogP contribution in [0.25, 0.3) is 0 Å². The zero-order valence-electron chi connectivity index (χ0n) is 14.8. The molecule has 1 aliphatic rings. The van der Waals surface area contributed by atoms with E-state index in [-0.39, 0.29) is 5.75 Å². The fourth-order valence-corrected chi connectivity index (χ4v) is 3.10. The van der Waals surface area contributed by atoms with E-state index < -0.39 is 0 Å². The molecule has 1 heterocycles. The molecule has 0 amide bonds. The maximum absolute atomic E-state index is 9.92. The molecule has 0 saturated heterocycles. The van der Waals surface area contributed by atoms with E-state index in [4.69, 9.17) is 9.73 Å². The van der Waals surface area contributed by atoms with Crippen molar-refractivity contribution < 1.29 is 9.84 Å². The first-order valence-electron chi connectivity index (χ1n) is 8.67. The minimum Gasteiger partial charge on any atom is -0.504 e. The quantitative estimate of drug-likeness (QED) is 0.664. The zero-order chi connectivity index (χ0) is 17.6. The molecular weight excluding hydrogens is 314 g/mol. The maximum atomic E-state index is 9.92. The lowest BCUT2D eigenvalue weighted by atomic mass is 10.0. The molecule has 0 bridgehead atoms. The maximum Gasteiger partial charge on any atom is 0.194 e. The van der Waals surface area contributed by atoms with Crippen LogP contribution in [-0.4, -0.2) is 36.2 Å². The number of aromatic hydroxyl groups is 1. The number of hydrogen-bond acceptors (Lipinski definition) is 3. The van der Waals surface area contributed by atoms with Gasteiger partial charge >= 0.3 is 0 Å². The summed E-state index contributed by atoms with van der Waals surface area (Å²) in [6, 6.07) is 14.0. The topological polar surface area (TPSA) is 57.1 Å². The average Bonchev–Trinajstić information content (AvgIpc) is 2.65. The molecule has 3 rings (SSSR count). The molecule has 25 heavy (non-hydrogen) atoms. The number of nitrogens with zero attached hydrogens (tertiary/aromatic N) is 2. The van der Waals surface area contributed by atoms with Gasteiger partial charge in [0, 0.05) is 19.6 Å². The molecule has 5 heteroatoms.